The molecule has 2 heterocycles. The van der Waals surface area contributed by atoms with E-state index in [2.05, 4.69) is 4.90 Å². The summed E-state index contributed by atoms with van der Waals surface area (Å²) in [5.74, 6) is -2.05. The molecule has 10 heteroatoms. The van der Waals surface area contributed by atoms with Crippen LogP contribution in [0.1, 0.15) is 18.4 Å². The molecular weight excluding hydrogens is 430 g/mol. The zero-order valence-electron chi connectivity index (χ0n) is 15.7. The number of nitrogens with zero attached hydrogens (tertiary/aromatic N) is 3. The van der Waals surface area contributed by atoms with Gasteiger partial charge in [0.2, 0.25) is 5.91 Å². The van der Waals surface area contributed by atoms with Crippen molar-refractivity contribution >= 4 is 35.0 Å². The van der Waals surface area contributed by atoms with Crippen molar-refractivity contribution < 1.29 is 22.8 Å². The number of carbonyl (C=O) groups excluding carboxylic acids is 2. The van der Waals surface area contributed by atoms with Gasteiger partial charge in [-0.15, -0.1) is 0 Å². The van der Waals surface area contributed by atoms with Crippen LogP contribution in [-0.4, -0.2) is 78.0 Å². The first-order chi connectivity index (χ1) is 13.6. The first-order valence-corrected chi connectivity index (χ1v) is 10.2. The average molecular weight is 452 g/mol. The predicted molar refractivity (Wildman–Crippen MR) is 104 cm³/mol. The molecule has 2 saturated heterocycles. The first kappa shape index (κ1) is 22.2. The molecule has 1 aromatic rings. The van der Waals surface area contributed by atoms with Crippen molar-refractivity contribution in [3.05, 3.63) is 33.8 Å². The summed E-state index contributed by atoms with van der Waals surface area (Å²) in [5, 5.41) is 0.722. The number of carbonyl (C=O) groups is 2. The van der Waals surface area contributed by atoms with Gasteiger partial charge < -0.3 is 14.7 Å². The fourth-order valence-electron chi connectivity index (χ4n) is 3.89. The van der Waals surface area contributed by atoms with Crippen LogP contribution in [-0.2, 0) is 16.0 Å². The monoisotopic (exact) mass is 451 g/mol. The molecule has 3 rings (SSSR count). The number of benzene rings is 1. The lowest BCUT2D eigenvalue weighted by Crippen LogP contribution is -2.61. The van der Waals surface area contributed by atoms with E-state index in [-0.39, 0.29) is 32.0 Å². The highest BCUT2D eigenvalue weighted by Crippen LogP contribution is 2.25. The van der Waals surface area contributed by atoms with Gasteiger partial charge in [0.25, 0.3) is 0 Å². The lowest BCUT2D eigenvalue weighted by Gasteiger charge is -2.43. The van der Waals surface area contributed by atoms with E-state index >= 15 is 0 Å². The van der Waals surface area contributed by atoms with Gasteiger partial charge in [0.05, 0.1) is 22.5 Å². The smallest absolute Gasteiger partial charge is 0.335 e. The summed E-state index contributed by atoms with van der Waals surface area (Å²) in [4.78, 5) is 29.2. The second kappa shape index (κ2) is 9.10. The summed E-state index contributed by atoms with van der Waals surface area (Å²) in [7, 11) is 0. The number of piperazine rings is 1. The number of amides is 2. The number of likely N-dealkylation sites (tertiary alicyclic amines) is 1. The zero-order chi connectivity index (χ0) is 21.2. The van der Waals surface area contributed by atoms with Crippen LogP contribution >= 0.6 is 23.2 Å². The standard InChI is InChI=1S/C19H22Cl2F3N3O2/c20-15-4-3-13(9-16(15)21)10-17(28)27-8-7-26(18(29)19(22,23)24)12-14(27)11-25-5-1-2-6-25/h3-4,9,14H,1-2,5-8,10-12H2/t14-/m1/s1. The number of halogens is 5. The third-order valence-electron chi connectivity index (χ3n) is 5.34. The van der Waals surface area contributed by atoms with Crippen molar-refractivity contribution in [1.82, 2.24) is 14.7 Å². The summed E-state index contributed by atoms with van der Waals surface area (Å²) in [6, 6.07) is 4.43. The maximum atomic E-state index is 12.9. The highest BCUT2D eigenvalue weighted by molar-refractivity contribution is 6.42. The van der Waals surface area contributed by atoms with Gasteiger partial charge in [-0.05, 0) is 43.6 Å². The molecule has 2 aliphatic heterocycles. The maximum absolute atomic E-state index is 12.9. The second-order valence-corrected chi connectivity index (χ2v) is 8.24. The number of alkyl halides is 3. The SMILES string of the molecule is O=C(Cc1ccc(Cl)c(Cl)c1)N1CCN(C(=O)C(F)(F)F)C[C@H]1CN1CCCC1. The third-order valence-corrected chi connectivity index (χ3v) is 6.08. The van der Waals surface area contributed by atoms with Crippen LogP contribution < -0.4 is 0 Å². The van der Waals surface area contributed by atoms with Gasteiger partial charge in [-0.2, -0.15) is 13.2 Å². The molecule has 0 spiro atoms. The molecule has 0 bridgehead atoms. The first-order valence-electron chi connectivity index (χ1n) is 9.47. The Morgan fingerprint density at radius 1 is 1.03 bits per heavy atom. The Balaban J connectivity index is 1.73. The van der Waals surface area contributed by atoms with E-state index in [0.717, 1.165) is 30.8 Å². The van der Waals surface area contributed by atoms with Crippen LogP contribution in [0.5, 0.6) is 0 Å². The van der Waals surface area contributed by atoms with Crippen LogP contribution in [0, 0.1) is 0 Å². The Kier molecular flexibility index (Phi) is 6.96. The van der Waals surface area contributed by atoms with Gasteiger partial charge in [-0.25, -0.2) is 0 Å². The van der Waals surface area contributed by atoms with Crippen LogP contribution in [0.2, 0.25) is 10.0 Å². The molecule has 1 aromatic carbocycles. The Hall–Kier alpha value is -1.51. The molecule has 29 heavy (non-hydrogen) atoms. The molecule has 2 amide bonds. The van der Waals surface area contributed by atoms with Crippen molar-refractivity contribution in [3.8, 4) is 0 Å². The molecule has 0 radical (unpaired) electrons. The summed E-state index contributed by atoms with van der Waals surface area (Å²) >= 11 is 11.9. The van der Waals surface area contributed by atoms with E-state index in [9.17, 15) is 22.8 Å². The van der Waals surface area contributed by atoms with Gasteiger partial charge in [-0.1, -0.05) is 29.3 Å². The molecule has 0 aliphatic carbocycles. The van der Waals surface area contributed by atoms with E-state index in [1.54, 1.807) is 23.1 Å². The van der Waals surface area contributed by atoms with Crippen molar-refractivity contribution in [3.63, 3.8) is 0 Å². The zero-order valence-corrected chi connectivity index (χ0v) is 17.2. The Labute approximate surface area is 177 Å². The summed E-state index contributed by atoms with van der Waals surface area (Å²) in [5.41, 5.74) is 0.679. The molecule has 0 saturated carbocycles. The van der Waals surface area contributed by atoms with E-state index < -0.39 is 18.1 Å². The number of hydrogen-bond acceptors (Lipinski definition) is 3. The van der Waals surface area contributed by atoms with Gasteiger partial charge in [-0.3, -0.25) is 9.59 Å². The second-order valence-electron chi connectivity index (χ2n) is 7.42. The Morgan fingerprint density at radius 3 is 2.34 bits per heavy atom. The van der Waals surface area contributed by atoms with Gasteiger partial charge in [0.1, 0.15) is 0 Å². The van der Waals surface area contributed by atoms with Crippen molar-refractivity contribution in [2.45, 2.75) is 31.5 Å². The highest BCUT2D eigenvalue weighted by atomic mass is 35.5. The minimum Gasteiger partial charge on any atom is -0.335 e. The average Bonchev–Trinajstić information content (AvgIpc) is 3.16. The lowest BCUT2D eigenvalue weighted by molar-refractivity contribution is -0.188. The minimum absolute atomic E-state index is 0.0699. The lowest BCUT2D eigenvalue weighted by atomic mass is 10.1. The predicted octanol–water partition coefficient (Wildman–Crippen LogP) is 3.23. The van der Waals surface area contributed by atoms with Crippen molar-refractivity contribution in [2.24, 2.45) is 0 Å². The Morgan fingerprint density at radius 2 is 1.72 bits per heavy atom. The van der Waals surface area contributed by atoms with E-state index in [1.165, 1.54) is 0 Å². The molecular formula is C19H22Cl2F3N3O2. The van der Waals surface area contributed by atoms with Crippen LogP contribution in [0.4, 0.5) is 13.2 Å². The molecule has 1 atom stereocenters. The summed E-state index contributed by atoms with van der Waals surface area (Å²) < 4.78 is 38.6. The number of hydrogen-bond donors (Lipinski definition) is 0. The molecule has 0 aromatic heterocycles. The van der Waals surface area contributed by atoms with Crippen molar-refractivity contribution in [2.75, 3.05) is 39.3 Å². The molecule has 0 unspecified atom stereocenters. The topological polar surface area (TPSA) is 43.9 Å². The summed E-state index contributed by atoms with van der Waals surface area (Å²) in [6.07, 6.45) is -2.80. The van der Waals surface area contributed by atoms with Crippen LogP contribution in [0.3, 0.4) is 0 Å². The quantitative estimate of drug-likeness (QED) is 0.705. The van der Waals surface area contributed by atoms with E-state index in [0.29, 0.717) is 22.2 Å². The van der Waals surface area contributed by atoms with E-state index in [4.69, 9.17) is 23.2 Å². The summed E-state index contributed by atoms with van der Waals surface area (Å²) in [6.45, 7) is 1.95. The highest BCUT2D eigenvalue weighted by Gasteiger charge is 2.45. The van der Waals surface area contributed by atoms with Gasteiger partial charge in [0.15, 0.2) is 0 Å². The molecule has 2 aliphatic rings. The fourth-order valence-corrected chi connectivity index (χ4v) is 4.21. The normalized spacial score (nSPS) is 20.9. The van der Waals surface area contributed by atoms with Crippen LogP contribution in [0.15, 0.2) is 18.2 Å². The van der Waals surface area contributed by atoms with E-state index in [1.807, 2.05) is 0 Å². The van der Waals surface area contributed by atoms with Crippen LogP contribution in [0.25, 0.3) is 0 Å². The third kappa shape index (κ3) is 5.55. The largest absolute Gasteiger partial charge is 0.471 e. The molecule has 160 valence electrons. The molecule has 5 nitrogen and oxygen atoms in total. The van der Waals surface area contributed by atoms with Crippen molar-refractivity contribution in [1.29, 1.82) is 0 Å². The minimum atomic E-state index is -4.91. The van der Waals surface area contributed by atoms with Gasteiger partial charge in [0, 0.05) is 26.2 Å². The molecule has 2 fully saturated rings. The maximum Gasteiger partial charge on any atom is 0.471 e. The van der Waals surface area contributed by atoms with Gasteiger partial charge >= 0.3 is 12.1 Å². The Bertz CT molecular complexity index is 770. The molecule has 0 N–H and O–H groups in total. The fraction of sp³-hybridized carbons (Fsp3) is 0.579. The number of rotatable bonds is 4.